The molecular formula is C26H27N7O2. The van der Waals surface area contributed by atoms with Crippen molar-refractivity contribution in [3.63, 3.8) is 0 Å². The number of aliphatic imine (C=N–C) groups is 1. The molecule has 0 aromatic carbocycles. The Morgan fingerprint density at radius 2 is 1.94 bits per heavy atom. The second-order valence-electron chi connectivity index (χ2n) is 8.98. The topological polar surface area (TPSA) is 90.0 Å². The van der Waals surface area contributed by atoms with Crippen LogP contribution in [-0.2, 0) is 0 Å². The summed E-state index contributed by atoms with van der Waals surface area (Å²) in [4.78, 5) is 19.8. The van der Waals surface area contributed by atoms with Crippen LogP contribution in [0.15, 0.2) is 60.2 Å². The highest BCUT2D eigenvalue weighted by molar-refractivity contribution is 5.96. The summed E-state index contributed by atoms with van der Waals surface area (Å²) < 4.78 is 13.7. The molecule has 3 aliphatic rings. The van der Waals surface area contributed by atoms with Crippen molar-refractivity contribution < 1.29 is 9.47 Å². The summed E-state index contributed by atoms with van der Waals surface area (Å²) in [6, 6.07) is 8.54. The fourth-order valence-corrected chi connectivity index (χ4v) is 5.24. The predicted octanol–water partition coefficient (Wildman–Crippen LogP) is 3.54. The first-order chi connectivity index (χ1) is 17.2. The van der Waals surface area contributed by atoms with Crippen LogP contribution in [-0.4, -0.2) is 63.6 Å². The van der Waals surface area contributed by atoms with E-state index in [2.05, 4.69) is 37.1 Å². The van der Waals surface area contributed by atoms with Crippen LogP contribution in [0.5, 0.6) is 11.8 Å². The Balaban J connectivity index is 1.23. The molecule has 3 fully saturated rings. The largest absolute Gasteiger partial charge is 0.492 e. The molecule has 35 heavy (non-hydrogen) atoms. The first kappa shape index (κ1) is 21.5. The van der Waals surface area contributed by atoms with Crippen LogP contribution in [0, 0.1) is 11.8 Å². The van der Waals surface area contributed by atoms with E-state index in [1.807, 2.05) is 42.3 Å². The molecule has 4 aromatic rings. The lowest BCUT2D eigenvalue weighted by atomic mass is 9.68. The Hall–Kier alpha value is -4.01. The number of aromatic nitrogens is 5. The molecule has 0 radical (unpaired) electrons. The zero-order valence-electron chi connectivity index (χ0n) is 19.8. The third-order valence-electron chi connectivity index (χ3n) is 6.81. The molecule has 9 heteroatoms. The van der Waals surface area contributed by atoms with Gasteiger partial charge in [0.1, 0.15) is 17.7 Å². The van der Waals surface area contributed by atoms with E-state index in [1.165, 1.54) is 6.42 Å². The van der Waals surface area contributed by atoms with Crippen molar-refractivity contribution in [1.29, 1.82) is 0 Å². The molecule has 2 bridgehead atoms. The van der Waals surface area contributed by atoms with Crippen molar-refractivity contribution in [1.82, 2.24) is 24.6 Å². The Morgan fingerprint density at radius 3 is 2.66 bits per heavy atom. The molecule has 2 aliphatic heterocycles. The molecule has 0 N–H and O–H groups in total. The van der Waals surface area contributed by atoms with Crippen LogP contribution >= 0.6 is 0 Å². The van der Waals surface area contributed by atoms with Crippen molar-refractivity contribution in [2.45, 2.75) is 19.4 Å². The van der Waals surface area contributed by atoms with Gasteiger partial charge in [-0.25, -0.2) is 19.5 Å². The third-order valence-corrected chi connectivity index (χ3v) is 6.81. The molecule has 4 aromatic heterocycles. The average molecular weight is 470 g/mol. The van der Waals surface area contributed by atoms with E-state index in [-0.39, 0.29) is 6.10 Å². The van der Waals surface area contributed by atoms with E-state index in [0.29, 0.717) is 24.5 Å². The van der Waals surface area contributed by atoms with Gasteiger partial charge in [-0.05, 0) is 37.6 Å². The summed E-state index contributed by atoms with van der Waals surface area (Å²) in [5.41, 5.74) is 3.96. The monoisotopic (exact) mass is 469 g/mol. The van der Waals surface area contributed by atoms with E-state index in [1.54, 1.807) is 25.5 Å². The second kappa shape index (κ2) is 8.98. The lowest BCUT2D eigenvalue weighted by Gasteiger charge is -2.52. The van der Waals surface area contributed by atoms with Gasteiger partial charge in [0.05, 0.1) is 24.5 Å². The van der Waals surface area contributed by atoms with Gasteiger partial charge in [0.15, 0.2) is 0 Å². The SMILES string of the molecule is CCOc1cc(-c2ccc(N3CC4C[C@H](C3)C4Oc3ncccn3)nc2)c2c(C=NC)cnn2c1. The summed E-state index contributed by atoms with van der Waals surface area (Å²) in [7, 11) is 1.76. The highest BCUT2D eigenvalue weighted by atomic mass is 16.5. The van der Waals surface area contributed by atoms with Crippen molar-refractivity contribution in [3.05, 3.63) is 60.8 Å². The quantitative estimate of drug-likeness (QED) is 0.383. The molecule has 2 unspecified atom stereocenters. The van der Waals surface area contributed by atoms with E-state index in [9.17, 15) is 0 Å². The molecular weight excluding hydrogens is 442 g/mol. The molecule has 1 saturated carbocycles. The maximum atomic E-state index is 6.07. The Kier molecular flexibility index (Phi) is 5.52. The summed E-state index contributed by atoms with van der Waals surface area (Å²) in [6.07, 6.45) is 12.3. The lowest BCUT2D eigenvalue weighted by molar-refractivity contribution is -0.0396. The number of nitrogens with zero attached hydrogens (tertiary/aromatic N) is 7. The molecule has 7 rings (SSSR count). The first-order valence-electron chi connectivity index (χ1n) is 11.9. The fraction of sp³-hybridized carbons (Fsp3) is 0.346. The van der Waals surface area contributed by atoms with Gasteiger partial charge in [0.25, 0.3) is 0 Å². The number of rotatable bonds is 7. The summed E-state index contributed by atoms with van der Waals surface area (Å²) in [6.45, 7) is 4.41. The van der Waals surface area contributed by atoms with Gasteiger partial charge in [0.2, 0.25) is 0 Å². The van der Waals surface area contributed by atoms with Crippen LogP contribution in [0.3, 0.4) is 0 Å². The van der Waals surface area contributed by atoms with Gasteiger partial charge in [-0.2, -0.15) is 5.10 Å². The van der Waals surface area contributed by atoms with Gasteiger partial charge in [0, 0.05) is 73.5 Å². The number of hydrogen-bond acceptors (Lipinski definition) is 8. The smallest absolute Gasteiger partial charge is 0.316 e. The third kappa shape index (κ3) is 3.96. The van der Waals surface area contributed by atoms with Crippen molar-refractivity contribution in [2.24, 2.45) is 16.8 Å². The number of hydrogen-bond donors (Lipinski definition) is 0. The molecule has 178 valence electrons. The summed E-state index contributed by atoms with van der Waals surface area (Å²) >= 11 is 0. The minimum Gasteiger partial charge on any atom is -0.492 e. The zero-order chi connectivity index (χ0) is 23.8. The fourth-order valence-electron chi connectivity index (χ4n) is 5.24. The Labute approximate surface area is 203 Å². The molecule has 0 amide bonds. The minimum atomic E-state index is 0.183. The molecule has 6 heterocycles. The standard InChI is InChI=1S/C26H27N7O2/c1-3-34-21-10-22(24-20(11-27-2)13-31-33(24)16-21)17-5-6-23(30-12-17)32-14-18-9-19(15-32)25(18)35-26-28-7-4-8-29-26/h4-8,10-13,16,18-19,25H,3,9,14-15H2,1-2H3/t18-,19?,25?/m1/s1. The van der Waals surface area contributed by atoms with Crippen molar-refractivity contribution in [3.8, 4) is 22.9 Å². The van der Waals surface area contributed by atoms with Gasteiger partial charge in [-0.15, -0.1) is 0 Å². The van der Waals surface area contributed by atoms with Gasteiger partial charge in [-0.1, -0.05) is 0 Å². The first-order valence-corrected chi connectivity index (χ1v) is 11.9. The normalized spacial score (nSPS) is 21.3. The number of fused-ring (bicyclic) bond motifs is 3. The van der Waals surface area contributed by atoms with Crippen molar-refractivity contribution in [2.75, 3.05) is 31.6 Å². The Morgan fingerprint density at radius 1 is 1.11 bits per heavy atom. The number of piperidine rings is 2. The van der Waals surface area contributed by atoms with E-state index in [4.69, 9.17) is 14.5 Å². The second-order valence-corrected chi connectivity index (χ2v) is 8.98. The maximum Gasteiger partial charge on any atom is 0.316 e. The van der Waals surface area contributed by atoms with Crippen LogP contribution in [0.4, 0.5) is 5.82 Å². The summed E-state index contributed by atoms with van der Waals surface area (Å²) in [5, 5.41) is 4.50. The highest BCUT2D eigenvalue weighted by Gasteiger charge is 2.49. The number of anilines is 1. The van der Waals surface area contributed by atoms with Crippen molar-refractivity contribution >= 4 is 17.5 Å². The zero-order valence-corrected chi connectivity index (χ0v) is 19.8. The van der Waals surface area contributed by atoms with Gasteiger partial charge in [-0.3, -0.25) is 4.99 Å². The Bertz CT molecular complexity index is 1340. The van der Waals surface area contributed by atoms with E-state index in [0.717, 1.165) is 46.9 Å². The summed E-state index contributed by atoms with van der Waals surface area (Å²) in [5.74, 6) is 2.68. The maximum absolute atomic E-state index is 6.07. The average Bonchev–Trinajstić information content (AvgIpc) is 3.31. The molecule has 0 spiro atoms. The van der Waals surface area contributed by atoms with Gasteiger partial charge < -0.3 is 14.4 Å². The highest BCUT2D eigenvalue weighted by Crippen LogP contribution is 2.43. The predicted molar refractivity (Wildman–Crippen MR) is 133 cm³/mol. The van der Waals surface area contributed by atoms with Crippen LogP contribution in [0.1, 0.15) is 18.9 Å². The molecule has 9 nitrogen and oxygen atoms in total. The van der Waals surface area contributed by atoms with Crippen LogP contribution in [0.2, 0.25) is 0 Å². The molecule has 2 saturated heterocycles. The number of pyridine rings is 2. The number of ether oxygens (including phenoxy) is 2. The van der Waals surface area contributed by atoms with E-state index < -0.39 is 0 Å². The minimum absolute atomic E-state index is 0.183. The molecule has 1 aliphatic carbocycles. The lowest BCUT2D eigenvalue weighted by Crippen LogP contribution is -2.60. The van der Waals surface area contributed by atoms with Crippen LogP contribution in [0.25, 0.3) is 16.6 Å². The van der Waals surface area contributed by atoms with E-state index >= 15 is 0 Å². The van der Waals surface area contributed by atoms with Gasteiger partial charge >= 0.3 is 6.01 Å². The van der Waals surface area contributed by atoms with Crippen LogP contribution < -0.4 is 14.4 Å². The molecule has 3 atom stereocenters.